The van der Waals surface area contributed by atoms with Crippen LogP contribution in [0.1, 0.15) is 36.1 Å². The molecule has 1 aliphatic heterocycles. The fourth-order valence-corrected chi connectivity index (χ4v) is 3.29. The second-order valence-electron chi connectivity index (χ2n) is 5.82. The first-order valence-electron chi connectivity index (χ1n) is 7.06. The SMILES string of the molecule is COC(=O)c1coc(CN2C[C@H]3CC(C)=CC[C@H]3C2)n1. The largest absolute Gasteiger partial charge is 0.464 e. The molecule has 2 heterocycles. The maximum atomic E-state index is 11.3. The summed E-state index contributed by atoms with van der Waals surface area (Å²) in [5.41, 5.74) is 1.76. The van der Waals surface area contributed by atoms with Crippen LogP contribution in [0.4, 0.5) is 0 Å². The lowest BCUT2D eigenvalue weighted by Gasteiger charge is -2.22. The van der Waals surface area contributed by atoms with E-state index in [4.69, 9.17) is 4.42 Å². The zero-order chi connectivity index (χ0) is 14.1. The van der Waals surface area contributed by atoms with Crippen molar-refractivity contribution in [2.75, 3.05) is 20.2 Å². The number of nitrogens with zero attached hydrogens (tertiary/aromatic N) is 2. The van der Waals surface area contributed by atoms with Gasteiger partial charge in [0.1, 0.15) is 6.26 Å². The van der Waals surface area contributed by atoms with E-state index in [1.54, 1.807) is 0 Å². The third-order valence-corrected chi connectivity index (χ3v) is 4.31. The summed E-state index contributed by atoms with van der Waals surface area (Å²) in [5.74, 6) is 1.66. The Bertz CT molecular complexity index is 535. The zero-order valence-corrected chi connectivity index (χ0v) is 12.0. The van der Waals surface area contributed by atoms with E-state index in [0.29, 0.717) is 12.4 Å². The van der Waals surface area contributed by atoms with E-state index in [9.17, 15) is 4.79 Å². The summed E-state index contributed by atoms with van der Waals surface area (Å²) in [6.45, 7) is 5.06. The zero-order valence-electron chi connectivity index (χ0n) is 12.0. The molecular formula is C15H20N2O3. The highest BCUT2D eigenvalue weighted by Crippen LogP contribution is 2.36. The van der Waals surface area contributed by atoms with Crippen LogP contribution in [0.3, 0.4) is 0 Å². The summed E-state index contributed by atoms with van der Waals surface area (Å²) in [5, 5.41) is 0. The summed E-state index contributed by atoms with van der Waals surface area (Å²) < 4.78 is 9.98. The smallest absolute Gasteiger partial charge is 0.360 e. The van der Waals surface area contributed by atoms with E-state index in [0.717, 1.165) is 24.9 Å². The first-order chi connectivity index (χ1) is 9.65. The number of oxazole rings is 1. The van der Waals surface area contributed by atoms with E-state index < -0.39 is 5.97 Å². The number of likely N-dealkylation sites (tertiary alicyclic amines) is 1. The molecule has 0 aromatic carbocycles. The van der Waals surface area contributed by atoms with Crippen molar-refractivity contribution in [3.8, 4) is 0 Å². The highest BCUT2D eigenvalue weighted by molar-refractivity contribution is 5.86. The lowest BCUT2D eigenvalue weighted by molar-refractivity contribution is 0.0594. The Morgan fingerprint density at radius 1 is 1.50 bits per heavy atom. The standard InChI is InChI=1S/C15H20N2O3/c1-10-3-4-11-6-17(7-12(11)5-10)8-14-16-13(9-20-14)15(18)19-2/h3,9,11-12H,4-8H2,1-2H3/t11-,12+/m0/s1. The third kappa shape index (κ3) is 2.63. The van der Waals surface area contributed by atoms with Crippen molar-refractivity contribution in [1.82, 2.24) is 9.88 Å². The monoisotopic (exact) mass is 276 g/mol. The summed E-state index contributed by atoms with van der Waals surface area (Å²) in [6.07, 6.45) is 6.13. The van der Waals surface area contributed by atoms with Crippen molar-refractivity contribution in [3.63, 3.8) is 0 Å². The molecule has 0 spiro atoms. The summed E-state index contributed by atoms with van der Waals surface area (Å²) in [7, 11) is 1.34. The fourth-order valence-electron chi connectivity index (χ4n) is 3.29. The minimum Gasteiger partial charge on any atom is -0.464 e. The predicted octanol–water partition coefficient (Wildman–Crippen LogP) is 2.25. The third-order valence-electron chi connectivity index (χ3n) is 4.31. The molecule has 2 atom stereocenters. The predicted molar refractivity (Wildman–Crippen MR) is 73.1 cm³/mol. The Morgan fingerprint density at radius 3 is 3.10 bits per heavy atom. The lowest BCUT2D eigenvalue weighted by Crippen LogP contribution is -2.20. The quantitative estimate of drug-likeness (QED) is 0.626. The van der Waals surface area contributed by atoms with Gasteiger partial charge in [-0.3, -0.25) is 4.90 Å². The maximum absolute atomic E-state index is 11.3. The number of allylic oxidation sites excluding steroid dienone is 2. The van der Waals surface area contributed by atoms with Gasteiger partial charge in [-0.25, -0.2) is 9.78 Å². The lowest BCUT2D eigenvalue weighted by atomic mass is 9.83. The Labute approximate surface area is 118 Å². The van der Waals surface area contributed by atoms with E-state index in [-0.39, 0.29) is 5.69 Å². The number of methoxy groups -OCH3 is 1. The first-order valence-corrected chi connectivity index (χ1v) is 7.06. The van der Waals surface area contributed by atoms with E-state index >= 15 is 0 Å². The number of rotatable bonds is 3. The normalized spacial score (nSPS) is 26.2. The molecule has 0 radical (unpaired) electrons. The topological polar surface area (TPSA) is 55.6 Å². The average Bonchev–Trinajstić information content (AvgIpc) is 3.04. The Kier molecular flexibility index (Phi) is 3.61. The summed E-state index contributed by atoms with van der Waals surface area (Å²) in [6, 6.07) is 0. The van der Waals surface area contributed by atoms with Crippen LogP contribution in [0.2, 0.25) is 0 Å². The van der Waals surface area contributed by atoms with Gasteiger partial charge in [0.2, 0.25) is 5.89 Å². The molecule has 108 valence electrons. The van der Waals surface area contributed by atoms with Crippen LogP contribution in [-0.4, -0.2) is 36.1 Å². The maximum Gasteiger partial charge on any atom is 0.360 e. The van der Waals surface area contributed by atoms with Crippen LogP contribution in [-0.2, 0) is 11.3 Å². The molecule has 0 saturated carbocycles. The van der Waals surface area contributed by atoms with Crippen LogP contribution in [0.15, 0.2) is 22.3 Å². The van der Waals surface area contributed by atoms with Crippen molar-refractivity contribution in [1.29, 1.82) is 0 Å². The molecule has 2 aliphatic rings. The highest BCUT2D eigenvalue weighted by atomic mass is 16.5. The number of esters is 1. The second kappa shape index (κ2) is 5.40. The number of hydrogen-bond donors (Lipinski definition) is 0. The molecule has 0 bridgehead atoms. The van der Waals surface area contributed by atoms with Gasteiger partial charge in [-0.2, -0.15) is 0 Å². The molecule has 1 aromatic rings. The second-order valence-corrected chi connectivity index (χ2v) is 5.82. The van der Waals surface area contributed by atoms with Gasteiger partial charge in [-0.05, 0) is 31.6 Å². The van der Waals surface area contributed by atoms with Gasteiger partial charge in [0.05, 0.1) is 13.7 Å². The van der Waals surface area contributed by atoms with Crippen LogP contribution in [0, 0.1) is 11.8 Å². The molecule has 0 N–H and O–H groups in total. The fraction of sp³-hybridized carbons (Fsp3) is 0.600. The number of aromatic nitrogens is 1. The molecule has 5 heteroatoms. The number of hydrogen-bond acceptors (Lipinski definition) is 5. The summed E-state index contributed by atoms with van der Waals surface area (Å²) in [4.78, 5) is 17.9. The van der Waals surface area contributed by atoms with Crippen LogP contribution < -0.4 is 0 Å². The Balaban J connectivity index is 1.60. The number of fused-ring (bicyclic) bond motifs is 1. The molecule has 0 unspecified atom stereocenters. The molecule has 1 fully saturated rings. The van der Waals surface area contributed by atoms with E-state index in [1.165, 1.54) is 31.8 Å². The molecule has 1 saturated heterocycles. The minimum absolute atomic E-state index is 0.247. The van der Waals surface area contributed by atoms with E-state index in [2.05, 4.69) is 27.6 Å². The van der Waals surface area contributed by atoms with Gasteiger partial charge < -0.3 is 9.15 Å². The van der Waals surface area contributed by atoms with Gasteiger partial charge >= 0.3 is 5.97 Å². The number of carbonyl (C=O) groups excluding carboxylic acids is 1. The van der Waals surface area contributed by atoms with Crippen molar-refractivity contribution in [2.45, 2.75) is 26.3 Å². The van der Waals surface area contributed by atoms with Crippen LogP contribution in [0.5, 0.6) is 0 Å². The van der Waals surface area contributed by atoms with Crippen LogP contribution in [0.25, 0.3) is 0 Å². The number of ether oxygens (including phenoxy) is 1. The summed E-state index contributed by atoms with van der Waals surface area (Å²) >= 11 is 0. The van der Waals surface area contributed by atoms with Crippen molar-refractivity contribution >= 4 is 5.97 Å². The minimum atomic E-state index is -0.449. The van der Waals surface area contributed by atoms with E-state index in [1.807, 2.05) is 0 Å². The first kappa shape index (κ1) is 13.4. The molecule has 1 aromatic heterocycles. The van der Waals surface area contributed by atoms with Crippen LogP contribution >= 0.6 is 0 Å². The molecular weight excluding hydrogens is 256 g/mol. The van der Waals surface area contributed by atoms with Gasteiger partial charge in [-0.15, -0.1) is 0 Å². The van der Waals surface area contributed by atoms with Gasteiger partial charge in [-0.1, -0.05) is 11.6 Å². The molecule has 5 nitrogen and oxygen atoms in total. The molecule has 0 amide bonds. The highest BCUT2D eigenvalue weighted by Gasteiger charge is 2.34. The number of carbonyl (C=O) groups is 1. The van der Waals surface area contributed by atoms with Crippen molar-refractivity contribution in [2.24, 2.45) is 11.8 Å². The molecule has 20 heavy (non-hydrogen) atoms. The van der Waals surface area contributed by atoms with Gasteiger partial charge in [0.25, 0.3) is 0 Å². The van der Waals surface area contributed by atoms with Gasteiger partial charge in [0.15, 0.2) is 5.69 Å². The molecule has 3 rings (SSSR count). The molecule has 1 aliphatic carbocycles. The Hall–Kier alpha value is -1.62. The van der Waals surface area contributed by atoms with Gasteiger partial charge in [0, 0.05) is 13.1 Å². The van der Waals surface area contributed by atoms with Crippen molar-refractivity contribution in [3.05, 3.63) is 29.5 Å². The van der Waals surface area contributed by atoms with Crippen molar-refractivity contribution < 1.29 is 13.9 Å². The Morgan fingerprint density at radius 2 is 2.30 bits per heavy atom. The average molecular weight is 276 g/mol.